The fourth-order valence-electron chi connectivity index (χ4n) is 4.14. The Kier molecular flexibility index (Phi) is 3.30. The second-order valence-corrected chi connectivity index (χ2v) is 6.47. The summed E-state index contributed by atoms with van der Waals surface area (Å²) in [5.41, 5.74) is 7.14. The summed E-state index contributed by atoms with van der Waals surface area (Å²) < 4.78 is 0. The smallest absolute Gasteiger partial charge is 0.160 e. The normalized spacial score (nSPS) is 13.3. The molecule has 0 atom stereocenters. The molecule has 1 aliphatic carbocycles. The third-order valence-electron chi connectivity index (χ3n) is 5.07. The van der Waals surface area contributed by atoms with Gasteiger partial charge in [-0.15, -0.1) is 0 Å². The number of Topliss-reactive ketones (excluding diaryl/α,β-unsaturated/α-hetero) is 1. The van der Waals surface area contributed by atoms with Crippen LogP contribution in [-0.4, -0.2) is 5.78 Å². The van der Waals surface area contributed by atoms with Gasteiger partial charge in [0.2, 0.25) is 0 Å². The number of rotatable bonds is 2. The highest BCUT2D eigenvalue weighted by Crippen LogP contribution is 2.41. The summed E-state index contributed by atoms with van der Waals surface area (Å²) in [5.74, 6) is 0.162. The van der Waals surface area contributed by atoms with Crippen LogP contribution in [0.5, 0.6) is 0 Å². The molecule has 3 aromatic rings. The van der Waals surface area contributed by atoms with Gasteiger partial charge in [-0.1, -0.05) is 48.5 Å². The number of carbonyl (C=O) groups is 1. The van der Waals surface area contributed by atoms with E-state index < -0.39 is 0 Å². The van der Waals surface area contributed by atoms with Crippen molar-refractivity contribution in [2.75, 3.05) is 0 Å². The molecule has 3 aromatic carbocycles. The molecule has 0 aromatic heterocycles. The van der Waals surface area contributed by atoms with Crippen LogP contribution in [0.15, 0.2) is 48.5 Å². The molecule has 0 saturated heterocycles. The molecule has 4 rings (SSSR count). The molecule has 0 N–H and O–H groups in total. The first-order chi connectivity index (χ1) is 11.2. The minimum Gasteiger partial charge on any atom is -0.294 e. The van der Waals surface area contributed by atoms with Crippen LogP contribution >= 0.6 is 0 Å². The van der Waals surface area contributed by atoms with Crippen LogP contribution < -0.4 is 0 Å². The van der Waals surface area contributed by atoms with E-state index in [1.807, 2.05) is 6.07 Å². The number of aryl methyl sites for hydroxylation is 3. The maximum Gasteiger partial charge on any atom is 0.160 e. The van der Waals surface area contributed by atoms with Crippen LogP contribution in [0.2, 0.25) is 0 Å². The van der Waals surface area contributed by atoms with Crippen molar-refractivity contribution in [2.24, 2.45) is 0 Å². The van der Waals surface area contributed by atoms with Gasteiger partial charge in [-0.2, -0.15) is 0 Å². The lowest BCUT2D eigenvalue weighted by atomic mass is 9.78. The van der Waals surface area contributed by atoms with Crippen LogP contribution in [0.4, 0.5) is 0 Å². The molecule has 1 nitrogen and oxygen atoms in total. The molecule has 0 spiro atoms. The number of hydrogen-bond donors (Lipinski definition) is 0. The Bertz CT molecular complexity index is 920. The van der Waals surface area contributed by atoms with Crippen molar-refractivity contribution in [1.82, 2.24) is 0 Å². The van der Waals surface area contributed by atoms with Crippen molar-refractivity contribution < 1.29 is 4.79 Å². The Morgan fingerprint density at radius 3 is 2.48 bits per heavy atom. The van der Waals surface area contributed by atoms with E-state index in [-0.39, 0.29) is 5.78 Å². The lowest BCUT2D eigenvalue weighted by Gasteiger charge is -2.25. The lowest BCUT2D eigenvalue weighted by molar-refractivity contribution is 0.101. The predicted molar refractivity (Wildman–Crippen MR) is 96.2 cm³/mol. The summed E-state index contributed by atoms with van der Waals surface area (Å²) in [6.45, 7) is 3.79. The Labute approximate surface area is 137 Å². The van der Waals surface area contributed by atoms with Gasteiger partial charge in [0.1, 0.15) is 0 Å². The van der Waals surface area contributed by atoms with Crippen LogP contribution in [0.3, 0.4) is 0 Å². The first-order valence-electron chi connectivity index (χ1n) is 8.32. The van der Waals surface area contributed by atoms with E-state index in [0.29, 0.717) is 0 Å². The Morgan fingerprint density at radius 1 is 0.957 bits per heavy atom. The van der Waals surface area contributed by atoms with Crippen molar-refractivity contribution in [2.45, 2.75) is 33.1 Å². The zero-order valence-electron chi connectivity index (χ0n) is 13.6. The molecular weight excluding hydrogens is 280 g/mol. The van der Waals surface area contributed by atoms with Gasteiger partial charge in [-0.25, -0.2) is 0 Å². The summed E-state index contributed by atoms with van der Waals surface area (Å²) >= 11 is 0. The van der Waals surface area contributed by atoms with Gasteiger partial charge >= 0.3 is 0 Å². The van der Waals surface area contributed by atoms with Crippen molar-refractivity contribution in [1.29, 1.82) is 0 Å². The van der Waals surface area contributed by atoms with Gasteiger partial charge in [-0.05, 0) is 71.7 Å². The summed E-state index contributed by atoms with van der Waals surface area (Å²) in [6.07, 6.45) is 3.35. The summed E-state index contributed by atoms with van der Waals surface area (Å²) in [4.78, 5) is 12.5. The first-order valence-corrected chi connectivity index (χ1v) is 8.32. The maximum atomic E-state index is 12.5. The number of carbonyl (C=O) groups excluding carboxylic acids is 1. The highest BCUT2D eigenvalue weighted by molar-refractivity contribution is 6.10. The molecule has 23 heavy (non-hydrogen) atoms. The van der Waals surface area contributed by atoms with Crippen LogP contribution in [0, 0.1) is 6.92 Å². The molecule has 1 heteroatoms. The minimum absolute atomic E-state index is 0.162. The van der Waals surface area contributed by atoms with Gasteiger partial charge in [0.25, 0.3) is 0 Å². The molecule has 1 aliphatic rings. The van der Waals surface area contributed by atoms with Crippen LogP contribution in [-0.2, 0) is 12.8 Å². The molecular formula is C22H20O. The van der Waals surface area contributed by atoms with Crippen molar-refractivity contribution in [3.63, 3.8) is 0 Å². The summed E-state index contributed by atoms with van der Waals surface area (Å²) in [6, 6.07) is 16.9. The van der Waals surface area contributed by atoms with Gasteiger partial charge in [0, 0.05) is 5.56 Å². The molecule has 0 amide bonds. The molecule has 0 saturated carbocycles. The van der Waals surface area contributed by atoms with E-state index in [1.54, 1.807) is 6.92 Å². The third kappa shape index (κ3) is 2.11. The summed E-state index contributed by atoms with van der Waals surface area (Å²) in [7, 11) is 0. The monoisotopic (exact) mass is 300 g/mol. The molecule has 0 heterocycles. The van der Waals surface area contributed by atoms with E-state index in [9.17, 15) is 4.79 Å². The van der Waals surface area contributed by atoms with Gasteiger partial charge in [-0.3, -0.25) is 4.79 Å². The average Bonchev–Trinajstić information content (AvgIpc) is 2.58. The number of hydrogen-bond acceptors (Lipinski definition) is 1. The van der Waals surface area contributed by atoms with E-state index in [0.717, 1.165) is 41.5 Å². The average molecular weight is 300 g/mol. The topological polar surface area (TPSA) is 17.1 Å². The zero-order chi connectivity index (χ0) is 16.0. The van der Waals surface area contributed by atoms with E-state index in [1.165, 1.54) is 21.9 Å². The summed E-state index contributed by atoms with van der Waals surface area (Å²) in [5, 5.41) is 2.64. The van der Waals surface area contributed by atoms with Gasteiger partial charge < -0.3 is 0 Å². The second kappa shape index (κ2) is 5.34. The fourth-order valence-corrected chi connectivity index (χ4v) is 4.14. The maximum absolute atomic E-state index is 12.5. The highest BCUT2D eigenvalue weighted by Gasteiger charge is 2.24. The Morgan fingerprint density at radius 2 is 1.74 bits per heavy atom. The molecule has 0 bridgehead atoms. The predicted octanol–water partition coefficient (Wildman–Crippen LogP) is 5.51. The van der Waals surface area contributed by atoms with Crippen molar-refractivity contribution in [3.05, 3.63) is 70.8 Å². The number of benzene rings is 3. The quantitative estimate of drug-likeness (QED) is 0.571. The van der Waals surface area contributed by atoms with E-state index in [2.05, 4.69) is 49.4 Å². The SMILES string of the molecule is CC(=O)c1c(-c2ccccc2)c2c3c(cccc3c1C)CCC2. The number of ketones is 1. The molecule has 0 aliphatic heterocycles. The molecule has 0 radical (unpaired) electrons. The van der Waals surface area contributed by atoms with Crippen molar-refractivity contribution >= 4 is 16.6 Å². The van der Waals surface area contributed by atoms with Crippen LogP contribution in [0.1, 0.15) is 40.4 Å². The van der Waals surface area contributed by atoms with Gasteiger partial charge in [0.05, 0.1) is 0 Å². The fraction of sp³-hybridized carbons (Fsp3) is 0.227. The lowest BCUT2D eigenvalue weighted by Crippen LogP contribution is -2.10. The third-order valence-corrected chi connectivity index (χ3v) is 5.07. The molecule has 0 fully saturated rings. The van der Waals surface area contributed by atoms with E-state index >= 15 is 0 Å². The zero-order valence-corrected chi connectivity index (χ0v) is 13.6. The second-order valence-electron chi connectivity index (χ2n) is 6.47. The van der Waals surface area contributed by atoms with E-state index in [4.69, 9.17) is 0 Å². The van der Waals surface area contributed by atoms with Crippen LogP contribution in [0.25, 0.3) is 21.9 Å². The first kappa shape index (κ1) is 14.2. The Hall–Kier alpha value is -2.41. The minimum atomic E-state index is 0.162. The van der Waals surface area contributed by atoms with Gasteiger partial charge in [0.15, 0.2) is 5.78 Å². The molecule has 0 unspecified atom stereocenters. The Balaban J connectivity index is 2.22. The standard InChI is InChI=1S/C22H20O/c1-14-18-12-6-10-16-11-7-13-19(21(16)18)22(20(14)15(2)23)17-8-4-3-5-9-17/h3-6,8-10,12H,7,11,13H2,1-2H3. The largest absolute Gasteiger partial charge is 0.294 e. The molecule has 114 valence electrons. The highest BCUT2D eigenvalue weighted by atomic mass is 16.1. The van der Waals surface area contributed by atoms with Crippen molar-refractivity contribution in [3.8, 4) is 11.1 Å².